The first-order valence-electron chi connectivity index (χ1n) is 9.31. The molecule has 29 heavy (non-hydrogen) atoms. The van der Waals surface area contributed by atoms with Gasteiger partial charge in [0.25, 0.3) is 5.91 Å². The summed E-state index contributed by atoms with van der Waals surface area (Å²) in [5.41, 5.74) is 3.43. The van der Waals surface area contributed by atoms with Crippen molar-refractivity contribution in [2.24, 2.45) is 0 Å². The van der Waals surface area contributed by atoms with Crippen LogP contribution in [0.15, 0.2) is 54.6 Å². The molecule has 7 nitrogen and oxygen atoms in total. The number of rotatable bonds is 6. The highest BCUT2D eigenvalue weighted by molar-refractivity contribution is 6.04. The minimum atomic E-state index is -0.247. The predicted molar refractivity (Wildman–Crippen MR) is 113 cm³/mol. The SMILES string of the molecule is CCn1c(-c2cc(NC(=O)c3cccc(OC)c3)n[nH]2)cc2cc(OC)ccc21. The normalized spacial score (nSPS) is 10.9. The molecule has 4 aromatic rings. The van der Waals surface area contributed by atoms with E-state index in [9.17, 15) is 4.79 Å². The lowest BCUT2D eigenvalue weighted by molar-refractivity contribution is 0.102. The van der Waals surface area contributed by atoms with E-state index in [-0.39, 0.29) is 5.91 Å². The number of ether oxygens (including phenoxy) is 2. The number of carbonyl (C=O) groups excluding carboxylic acids is 1. The van der Waals surface area contributed by atoms with E-state index in [1.165, 1.54) is 0 Å². The lowest BCUT2D eigenvalue weighted by atomic mass is 10.2. The minimum Gasteiger partial charge on any atom is -0.497 e. The first-order valence-corrected chi connectivity index (χ1v) is 9.31. The number of nitrogens with zero attached hydrogens (tertiary/aromatic N) is 2. The second-order valence-corrected chi connectivity index (χ2v) is 6.55. The summed E-state index contributed by atoms with van der Waals surface area (Å²) in [4.78, 5) is 12.5. The molecule has 0 saturated carbocycles. The molecule has 0 fully saturated rings. The summed E-state index contributed by atoms with van der Waals surface area (Å²) in [6.45, 7) is 2.89. The van der Waals surface area contributed by atoms with Crippen LogP contribution in [-0.4, -0.2) is 34.9 Å². The third-order valence-corrected chi connectivity index (χ3v) is 4.85. The fraction of sp³-hybridized carbons (Fsp3) is 0.182. The van der Waals surface area contributed by atoms with Crippen LogP contribution in [0.5, 0.6) is 11.5 Å². The molecular weight excluding hydrogens is 368 g/mol. The molecule has 0 atom stereocenters. The maximum Gasteiger partial charge on any atom is 0.256 e. The Balaban J connectivity index is 1.62. The third kappa shape index (κ3) is 3.54. The van der Waals surface area contributed by atoms with E-state index in [1.807, 2.05) is 24.3 Å². The smallest absolute Gasteiger partial charge is 0.256 e. The standard InChI is InChI=1S/C22H22N4O3/c1-4-26-19-9-8-17(29-3)11-15(19)12-20(26)18-13-21(25-24-18)23-22(27)14-6-5-7-16(10-14)28-2/h5-13H,4H2,1-3H3,(H2,23,24,25,27). The van der Waals surface area contributed by atoms with Gasteiger partial charge in [0, 0.05) is 29.1 Å². The van der Waals surface area contributed by atoms with Gasteiger partial charge in [0.1, 0.15) is 11.5 Å². The molecule has 0 bridgehead atoms. The topological polar surface area (TPSA) is 81.2 Å². The van der Waals surface area contributed by atoms with Crippen LogP contribution in [0.2, 0.25) is 0 Å². The third-order valence-electron chi connectivity index (χ3n) is 4.85. The van der Waals surface area contributed by atoms with Crippen molar-refractivity contribution in [2.45, 2.75) is 13.5 Å². The number of anilines is 1. The van der Waals surface area contributed by atoms with Crippen LogP contribution in [-0.2, 0) is 6.54 Å². The van der Waals surface area contributed by atoms with Crippen LogP contribution in [0, 0.1) is 0 Å². The summed E-state index contributed by atoms with van der Waals surface area (Å²) < 4.78 is 12.7. The summed E-state index contributed by atoms with van der Waals surface area (Å²) in [7, 11) is 3.23. The fourth-order valence-electron chi connectivity index (χ4n) is 3.41. The van der Waals surface area contributed by atoms with E-state index in [2.05, 4.69) is 33.1 Å². The number of nitrogens with one attached hydrogen (secondary N) is 2. The number of aromatic amines is 1. The second-order valence-electron chi connectivity index (χ2n) is 6.55. The molecule has 0 unspecified atom stereocenters. The van der Waals surface area contributed by atoms with Crippen molar-refractivity contribution >= 4 is 22.6 Å². The van der Waals surface area contributed by atoms with Gasteiger partial charge in [0.15, 0.2) is 5.82 Å². The average Bonchev–Trinajstić information content (AvgIpc) is 3.36. The predicted octanol–water partition coefficient (Wildman–Crippen LogP) is 4.32. The molecule has 2 N–H and O–H groups in total. The summed E-state index contributed by atoms with van der Waals surface area (Å²) in [6, 6.07) is 16.9. The summed E-state index contributed by atoms with van der Waals surface area (Å²) in [5, 5.41) is 11.2. The molecule has 0 spiro atoms. The van der Waals surface area contributed by atoms with Crippen molar-refractivity contribution in [3.63, 3.8) is 0 Å². The van der Waals surface area contributed by atoms with Crippen LogP contribution in [0.4, 0.5) is 5.82 Å². The first kappa shape index (κ1) is 18.6. The van der Waals surface area contributed by atoms with Crippen LogP contribution >= 0.6 is 0 Å². The zero-order valence-electron chi connectivity index (χ0n) is 16.5. The number of amides is 1. The number of hydrogen-bond acceptors (Lipinski definition) is 4. The molecule has 148 valence electrons. The van der Waals surface area contributed by atoms with Crippen molar-refractivity contribution in [3.05, 3.63) is 60.2 Å². The number of benzene rings is 2. The van der Waals surface area contributed by atoms with E-state index in [0.29, 0.717) is 17.1 Å². The van der Waals surface area contributed by atoms with E-state index < -0.39 is 0 Å². The first-order chi connectivity index (χ1) is 14.1. The van der Waals surface area contributed by atoms with E-state index >= 15 is 0 Å². The molecule has 0 aliphatic heterocycles. The molecule has 0 aliphatic carbocycles. The zero-order chi connectivity index (χ0) is 20.4. The van der Waals surface area contributed by atoms with Gasteiger partial charge in [-0.3, -0.25) is 9.89 Å². The minimum absolute atomic E-state index is 0.247. The number of carbonyl (C=O) groups is 1. The van der Waals surface area contributed by atoms with E-state index in [4.69, 9.17) is 9.47 Å². The zero-order valence-corrected chi connectivity index (χ0v) is 16.5. The molecule has 2 aromatic carbocycles. The van der Waals surface area contributed by atoms with Crippen LogP contribution in [0.3, 0.4) is 0 Å². The van der Waals surface area contributed by atoms with Crippen molar-refractivity contribution in [2.75, 3.05) is 19.5 Å². The van der Waals surface area contributed by atoms with E-state index in [0.717, 1.165) is 34.6 Å². The Morgan fingerprint density at radius 1 is 1.07 bits per heavy atom. The van der Waals surface area contributed by atoms with E-state index in [1.54, 1.807) is 38.5 Å². The Morgan fingerprint density at radius 2 is 1.86 bits per heavy atom. The number of aryl methyl sites for hydroxylation is 1. The average molecular weight is 390 g/mol. The Kier molecular flexibility index (Phi) is 4.95. The Morgan fingerprint density at radius 3 is 2.62 bits per heavy atom. The van der Waals surface area contributed by atoms with Crippen LogP contribution in [0.1, 0.15) is 17.3 Å². The highest BCUT2D eigenvalue weighted by Gasteiger charge is 2.14. The Bertz CT molecular complexity index is 1180. The molecule has 0 radical (unpaired) electrons. The van der Waals surface area contributed by atoms with Gasteiger partial charge in [-0.05, 0) is 49.4 Å². The van der Waals surface area contributed by atoms with Gasteiger partial charge in [-0.15, -0.1) is 0 Å². The largest absolute Gasteiger partial charge is 0.497 e. The maximum atomic E-state index is 12.5. The lowest BCUT2D eigenvalue weighted by Crippen LogP contribution is -2.12. The Hall–Kier alpha value is -3.74. The van der Waals surface area contributed by atoms with Crippen LogP contribution < -0.4 is 14.8 Å². The van der Waals surface area contributed by atoms with Gasteiger partial charge in [0.05, 0.1) is 25.6 Å². The number of hydrogen-bond donors (Lipinski definition) is 2. The monoisotopic (exact) mass is 390 g/mol. The van der Waals surface area contributed by atoms with Crippen molar-refractivity contribution in [1.82, 2.24) is 14.8 Å². The molecule has 7 heteroatoms. The van der Waals surface area contributed by atoms with Gasteiger partial charge in [-0.1, -0.05) is 6.07 Å². The summed E-state index contributed by atoms with van der Waals surface area (Å²) in [6.07, 6.45) is 0. The molecule has 4 rings (SSSR count). The van der Waals surface area contributed by atoms with Gasteiger partial charge < -0.3 is 19.4 Å². The molecule has 0 saturated heterocycles. The molecular formula is C22H22N4O3. The maximum absolute atomic E-state index is 12.5. The number of methoxy groups -OCH3 is 2. The van der Waals surface area contributed by atoms with Gasteiger partial charge in [-0.25, -0.2) is 0 Å². The summed E-state index contributed by atoms with van der Waals surface area (Å²) in [5.74, 6) is 1.65. The molecule has 2 aromatic heterocycles. The number of fused-ring (bicyclic) bond motifs is 1. The number of H-pyrrole nitrogens is 1. The molecule has 2 heterocycles. The molecule has 1 amide bonds. The lowest BCUT2D eigenvalue weighted by Gasteiger charge is -2.06. The Labute approximate surface area is 168 Å². The highest BCUT2D eigenvalue weighted by Crippen LogP contribution is 2.30. The van der Waals surface area contributed by atoms with Gasteiger partial charge >= 0.3 is 0 Å². The van der Waals surface area contributed by atoms with Crippen LogP contribution in [0.25, 0.3) is 22.3 Å². The van der Waals surface area contributed by atoms with Gasteiger partial charge in [-0.2, -0.15) is 5.10 Å². The van der Waals surface area contributed by atoms with Crippen molar-refractivity contribution in [3.8, 4) is 22.9 Å². The van der Waals surface area contributed by atoms with Crippen molar-refractivity contribution < 1.29 is 14.3 Å². The summed E-state index contributed by atoms with van der Waals surface area (Å²) >= 11 is 0. The molecule has 0 aliphatic rings. The van der Waals surface area contributed by atoms with Gasteiger partial charge in [0.2, 0.25) is 0 Å². The highest BCUT2D eigenvalue weighted by atomic mass is 16.5. The quantitative estimate of drug-likeness (QED) is 0.514. The van der Waals surface area contributed by atoms with Crippen molar-refractivity contribution in [1.29, 1.82) is 0 Å². The fourth-order valence-corrected chi connectivity index (χ4v) is 3.41. The number of aromatic nitrogens is 3. The second kappa shape index (κ2) is 7.71.